The van der Waals surface area contributed by atoms with Gasteiger partial charge in [0.25, 0.3) is 0 Å². The molecule has 9 atom stereocenters. The van der Waals surface area contributed by atoms with E-state index in [1.165, 1.54) is 24.8 Å². The van der Waals surface area contributed by atoms with Crippen molar-refractivity contribution in [3.05, 3.63) is 11.6 Å². The fourth-order valence-corrected chi connectivity index (χ4v) is 9.31. The second-order valence-corrected chi connectivity index (χ2v) is 10.6. The zero-order valence-corrected chi connectivity index (χ0v) is 16.9. The van der Waals surface area contributed by atoms with Crippen LogP contribution in [0.4, 0.5) is 0 Å². The summed E-state index contributed by atoms with van der Waals surface area (Å²) in [6.45, 7) is 2.49. The van der Waals surface area contributed by atoms with Gasteiger partial charge in [-0.2, -0.15) is 0 Å². The number of fused-ring (bicyclic) bond motifs is 9. The predicted octanol–water partition coefficient (Wildman–Crippen LogP) is 3.67. The zero-order chi connectivity index (χ0) is 19.3. The smallest absolute Gasteiger partial charge is 0.306 e. The topological polar surface area (TPSA) is 63.6 Å². The third-order valence-corrected chi connectivity index (χ3v) is 10.2. The molecular formula is C24H32O4. The molecule has 4 saturated carbocycles. The van der Waals surface area contributed by atoms with E-state index in [0.29, 0.717) is 48.3 Å². The number of rotatable bonds is 2. The number of aliphatic hydroxyl groups is 1. The van der Waals surface area contributed by atoms with E-state index in [9.17, 15) is 14.7 Å². The molecule has 3 unspecified atom stereocenters. The quantitative estimate of drug-likeness (QED) is 0.738. The van der Waals surface area contributed by atoms with Gasteiger partial charge in [0.2, 0.25) is 0 Å². The molecule has 0 aromatic carbocycles. The Bertz CT molecular complexity index is 771. The largest absolute Gasteiger partial charge is 0.458 e. The molecule has 6 rings (SSSR count). The zero-order valence-electron chi connectivity index (χ0n) is 16.9. The Hall–Kier alpha value is -1.16. The van der Waals surface area contributed by atoms with Crippen LogP contribution in [0.25, 0.3) is 0 Å². The first kappa shape index (κ1) is 17.7. The van der Waals surface area contributed by atoms with E-state index in [4.69, 9.17) is 4.74 Å². The van der Waals surface area contributed by atoms with Crippen molar-refractivity contribution in [1.29, 1.82) is 0 Å². The van der Waals surface area contributed by atoms with Gasteiger partial charge in [-0.15, -0.1) is 0 Å². The average molecular weight is 385 g/mol. The van der Waals surface area contributed by atoms with Gasteiger partial charge in [0.05, 0.1) is 0 Å². The monoisotopic (exact) mass is 384 g/mol. The van der Waals surface area contributed by atoms with Crippen LogP contribution in [-0.2, 0) is 14.3 Å². The van der Waals surface area contributed by atoms with E-state index in [1.54, 1.807) is 0 Å². The molecule has 5 fully saturated rings. The van der Waals surface area contributed by atoms with Crippen molar-refractivity contribution < 1.29 is 19.4 Å². The molecule has 28 heavy (non-hydrogen) atoms. The molecule has 4 heteroatoms. The minimum atomic E-state index is -0.188. The van der Waals surface area contributed by atoms with E-state index in [-0.39, 0.29) is 35.3 Å². The number of ether oxygens (including phenoxy) is 1. The molecule has 152 valence electrons. The third kappa shape index (κ3) is 1.96. The molecule has 1 N–H and O–H groups in total. The Kier molecular flexibility index (Phi) is 3.61. The maximum atomic E-state index is 12.2. The Morgan fingerprint density at radius 3 is 2.68 bits per heavy atom. The van der Waals surface area contributed by atoms with Gasteiger partial charge >= 0.3 is 5.97 Å². The minimum absolute atomic E-state index is 0.0224. The molecule has 0 aromatic heterocycles. The number of aliphatic hydroxyl groups excluding tert-OH is 1. The van der Waals surface area contributed by atoms with Gasteiger partial charge in [0.1, 0.15) is 5.60 Å². The van der Waals surface area contributed by atoms with Crippen molar-refractivity contribution in [3.8, 4) is 0 Å². The summed E-state index contributed by atoms with van der Waals surface area (Å²) in [7, 11) is 0. The maximum absolute atomic E-state index is 12.2. The Balaban J connectivity index is 1.41. The Morgan fingerprint density at radius 1 is 1.11 bits per heavy atom. The highest BCUT2D eigenvalue weighted by molar-refractivity contribution is 5.91. The molecular weight excluding hydrogens is 352 g/mol. The molecule has 0 bridgehead atoms. The Morgan fingerprint density at radius 2 is 1.96 bits per heavy atom. The first-order valence-electron chi connectivity index (χ1n) is 11.6. The summed E-state index contributed by atoms with van der Waals surface area (Å²) in [4.78, 5) is 24.3. The normalized spacial score (nSPS) is 53.8. The van der Waals surface area contributed by atoms with Crippen LogP contribution in [-0.4, -0.2) is 29.1 Å². The van der Waals surface area contributed by atoms with Gasteiger partial charge < -0.3 is 9.84 Å². The number of esters is 1. The molecule has 0 radical (unpaired) electrons. The lowest BCUT2D eigenvalue weighted by atomic mass is 9.46. The van der Waals surface area contributed by atoms with E-state index < -0.39 is 0 Å². The first-order chi connectivity index (χ1) is 13.5. The second-order valence-electron chi connectivity index (χ2n) is 10.6. The first-order valence-corrected chi connectivity index (χ1v) is 11.6. The lowest BCUT2D eigenvalue weighted by molar-refractivity contribution is -0.180. The Labute approximate surface area is 167 Å². The van der Waals surface area contributed by atoms with Crippen LogP contribution in [0.3, 0.4) is 0 Å². The van der Waals surface area contributed by atoms with Gasteiger partial charge in [0.15, 0.2) is 5.78 Å². The van der Waals surface area contributed by atoms with Crippen LogP contribution >= 0.6 is 0 Å². The highest BCUT2D eigenvalue weighted by atomic mass is 16.6. The van der Waals surface area contributed by atoms with Gasteiger partial charge in [-0.25, -0.2) is 0 Å². The summed E-state index contributed by atoms with van der Waals surface area (Å²) < 4.78 is 6.24. The maximum Gasteiger partial charge on any atom is 0.306 e. The van der Waals surface area contributed by atoms with E-state index in [2.05, 4.69) is 6.92 Å². The highest BCUT2D eigenvalue weighted by Crippen LogP contribution is 2.79. The van der Waals surface area contributed by atoms with Crippen molar-refractivity contribution in [1.82, 2.24) is 0 Å². The van der Waals surface area contributed by atoms with Gasteiger partial charge in [-0.05, 0) is 80.6 Å². The molecule has 6 aliphatic rings. The lowest BCUT2D eigenvalue weighted by Gasteiger charge is -2.59. The average Bonchev–Trinajstić information content (AvgIpc) is 3.34. The SMILES string of the molecule is CC[C@]12CCC3C(C[C@H](CO)C4=CC(=O)CC[C@@H]43)C1[C@H]1C[C@H]1[C@@]21CCC(=O)O1. The number of ketones is 1. The third-order valence-electron chi connectivity index (χ3n) is 10.2. The van der Waals surface area contributed by atoms with Crippen LogP contribution in [0, 0.1) is 46.8 Å². The number of carbonyl (C=O) groups is 2. The number of hydrogen-bond acceptors (Lipinski definition) is 4. The summed E-state index contributed by atoms with van der Waals surface area (Å²) in [5.41, 5.74) is 1.22. The van der Waals surface area contributed by atoms with Crippen molar-refractivity contribution in [2.45, 2.75) is 70.3 Å². The van der Waals surface area contributed by atoms with Crippen LogP contribution in [0.15, 0.2) is 11.6 Å². The van der Waals surface area contributed by atoms with E-state index in [0.717, 1.165) is 25.7 Å². The summed E-state index contributed by atoms with van der Waals surface area (Å²) >= 11 is 0. The van der Waals surface area contributed by atoms with Gasteiger partial charge in [-0.3, -0.25) is 9.59 Å². The predicted molar refractivity (Wildman–Crippen MR) is 103 cm³/mol. The van der Waals surface area contributed by atoms with Gasteiger partial charge in [0, 0.05) is 36.7 Å². The van der Waals surface area contributed by atoms with E-state index >= 15 is 0 Å². The van der Waals surface area contributed by atoms with Crippen molar-refractivity contribution >= 4 is 11.8 Å². The standard InChI is InChI=1S/C24H32O4/c1-2-23-7-5-16-15-4-3-14(26)10-17(15)13(12-25)9-18(16)22(23)19-11-20(19)24(23)8-6-21(27)28-24/h10,13,15-16,18-20,22,25H,2-9,11-12H2,1H3/t13-,15-,16?,18?,19+,20-,22?,23+,24+/m1/s1. The molecule has 1 aliphatic heterocycles. The van der Waals surface area contributed by atoms with Crippen molar-refractivity contribution in [2.75, 3.05) is 6.61 Å². The highest BCUT2D eigenvalue weighted by Gasteiger charge is 2.79. The summed E-state index contributed by atoms with van der Waals surface area (Å²) in [5.74, 6) is 4.13. The lowest BCUT2D eigenvalue weighted by Crippen LogP contribution is -2.57. The summed E-state index contributed by atoms with van der Waals surface area (Å²) in [5, 5.41) is 10.2. The summed E-state index contributed by atoms with van der Waals surface area (Å²) in [6, 6.07) is 0. The fraction of sp³-hybridized carbons (Fsp3) is 0.833. The van der Waals surface area contributed by atoms with Crippen LogP contribution < -0.4 is 0 Å². The molecule has 0 aromatic rings. The van der Waals surface area contributed by atoms with Crippen LogP contribution in [0.1, 0.15) is 64.7 Å². The van der Waals surface area contributed by atoms with E-state index in [1.807, 2.05) is 6.08 Å². The van der Waals surface area contributed by atoms with Crippen LogP contribution in [0.5, 0.6) is 0 Å². The molecule has 5 aliphatic carbocycles. The fourth-order valence-electron chi connectivity index (χ4n) is 9.31. The second kappa shape index (κ2) is 5.71. The van der Waals surface area contributed by atoms with Crippen LogP contribution in [0.2, 0.25) is 0 Å². The van der Waals surface area contributed by atoms with Crippen molar-refractivity contribution in [3.63, 3.8) is 0 Å². The minimum Gasteiger partial charge on any atom is -0.458 e. The molecule has 4 nitrogen and oxygen atoms in total. The number of hydrogen-bond donors (Lipinski definition) is 1. The molecule has 1 spiro atoms. The van der Waals surface area contributed by atoms with Crippen molar-refractivity contribution in [2.24, 2.45) is 46.8 Å². The molecule has 0 amide bonds. The van der Waals surface area contributed by atoms with Gasteiger partial charge in [-0.1, -0.05) is 12.5 Å². The molecule has 1 saturated heterocycles. The molecule has 1 heterocycles. The number of carbonyl (C=O) groups excluding carboxylic acids is 2. The summed E-state index contributed by atoms with van der Waals surface area (Å²) in [6.07, 6.45) is 10.8.